The zero-order valence-electron chi connectivity index (χ0n) is 4.71. The summed E-state index contributed by atoms with van der Waals surface area (Å²) < 4.78 is 19.9. The number of hydrogen-bond donors (Lipinski definition) is 5. The molecule has 9 heteroatoms. The van der Waals surface area contributed by atoms with Gasteiger partial charge in [-0.05, 0) is 0 Å². The Hall–Kier alpha value is 0.260. The van der Waals surface area contributed by atoms with Crippen LogP contribution in [0.15, 0.2) is 0 Å². The Morgan fingerprint density at radius 1 is 1.10 bits per heavy atom. The fourth-order valence-electron chi connectivity index (χ4n) is 0.184. The zero-order chi connectivity index (χ0) is 8.41. The maximum Gasteiger partial charge on any atom is 0.400 e. The Kier molecular flexibility index (Phi) is 3.19. The van der Waals surface area contributed by atoms with Crippen molar-refractivity contribution in [3.05, 3.63) is 0 Å². The molecule has 7 nitrogen and oxygen atoms in total. The Balaban J connectivity index is 3.79. The van der Waals surface area contributed by atoms with Gasteiger partial charge in [-0.3, -0.25) is 4.57 Å². The number of nitrogens with one attached hydrogen (secondary N) is 1. The van der Waals surface area contributed by atoms with Crippen LogP contribution in [0.4, 0.5) is 0 Å². The minimum Gasteiger partial charge on any atom is -0.324 e. The van der Waals surface area contributed by atoms with Gasteiger partial charge in [0.15, 0.2) is 0 Å². The van der Waals surface area contributed by atoms with Crippen LogP contribution in [0.5, 0.6) is 0 Å². The highest BCUT2D eigenvalue weighted by atomic mass is 31.2. The van der Waals surface area contributed by atoms with Crippen LogP contribution in [0.3, 0.4) is 0 Å². The van der Waals surface area contributed by atoms with Gasteiger partial charge in [-0.2, -0.15) is 0 Å². The average Bonchev–Trinajstić information content (AvgIpc) is 1.57. The van der Waals surface area contributed by atoms with Gasteiger partial charge in [0.05, 0.1) is 0 Å². The third-order valence-corrected chi connectivity index (χ3v) is 1.87. The van der Waals surface area contributed by atoms with E-state index in [0.717, 1.165) is 0 Å². The lowest BCUT2D eigenvalue weighted by molar-refractivity contribution is 0.345. The molecule has 0 saturated heterocycles. The average molecular weight is 191 g/mol. The molecule has 5 N–H and O–H groups in total. The van der Waals surface area contributed by atoms with Gasteiger partial charge in [0, 0.05) is 0 Å². The maximum absolute atomic E-state index is 9.97. The molecule has 0 aliphatic heterocycles. The molecule has 0 spiro atoms. The van der Waals surface area contributed by atoms with E-state index >= 15 is 0 Å². The molecule has 0 bridgehead atoms. The van der Waals surface area contributed by atoms with E-state index in [2.05, 4.69) is 0 Å². The van der Waals surface area contributed by atoms with Gasteiger partial charge in [-0.1, -0.05) is 0 Å². The molecule has 0 unspecified atom stereocenters. The molecule has 0 saturated carbocycles. The van der Waals surface area contributed by atoms with Gasteiger partial charge >= 0.3 is 15.3 Å². The Labute approximate surface area is 56.4 Å². The zero-order valence-corrected chi connectivity index (χ0v) is 6.50. The van der Waals surface area contributed by atoms with Gasteiger partial charge in [0.1, 0.15) is 6.29 Å². The molecular weight excluding hydrogens is 184 g/mol. The van der Waals surface area contributed by atoms with Crippen LogP contribution >= 0.6 is 15.3 Å². The van der Waals surface area contributed by atoms with E-state index in [4.69, 9.17) is 19.6 Å². The lowest BCUT2D eigenvalue weighted by Gasteiger charge is -2.06. The fraction of sp³-hybridized carbons (Fsp3) is 1.00. The third kappa shape index (κ3) is 8.26. The topological polar surface area (TPSA) is 127 Å². The molecule has 0 aromatic rings. The first-order valence-electron chi connectivity index (χ1n) is 2.06. The summed E-state index contributed by atoms with van der Waals surface area (Å²) in [6.07, 6.45) is -1.02. The van der Waals surface area contributed by atoms with Gasteiger partial charge in [-0.25, -0.2) is 9.65 Å². The molecule has 62 valence electrons. The molecule has 0 aliphatic carbocycles. The molecule has 0 rings (SSSR count). The summed E-state index contributed by atoms with van der Waals surface area (Å²) >= 11 is 0. The van der Waals surface area contributed by atoms with Crippen LogP contribution in [0.1, 0.15) is 0 Å². The normalized spacial score (nSPS) is 13.6. The predicted molar refractivity (Wildman–Crippen MR) is 32.1 cm³/mol. The molecule has 0 atom stereocenters. The van der Waals surface area contributed by atoms with E-state index in [1.54, 1.807) is 0 Å². The summed E-state index contributed by atoms with van der Waals surface area (Å²) in [6, 6.07) is 0. The van der Waals surface area contributed by atoms with E-state index in [-0.39, 0.29) is 0 Å². The first-order valence-corrected chi connectivity index (χ1v) is 5.47. The second-order valence-corrected chi connectivity index (χ2v) is 4.57. The SMILES string of the molecule is O=P(O)(O)CNP(=O)(O)O. The second kappa shape index (κ2) is 3.11. The van der Waals surface area contributed by atoms with Gasteiger partial charge in [0.25, 0.3) is 0 Å². The molecule has 0 aliphatic rings. The van der Waals surface area contributed by atoms with Crippen molar-refractivity contribution in [2.75, 3.05) is 6.29 Å². The van der Waals surface area contributed by atoms with Crippen molar-refractivity contribution < 1.29 is 28.7 Å². The second-order valence-electron chi connectivity index (χ2n) is 1.52. The standard InChI is InChI=1S/CH7NO6P2/c3-9(4,5)1-2-10(6,7)8/h1H2,(H2,3,4,5)(H3,2,6,7,8). The van der Waals surface area contributed by atoms with E-state index in [0.29, 0.717) is 0 Å². The highest BCUT2D eigenvalue weighted by molar-refractivity contribution is 7.54. The van der Waals surface area contributed by atoms with E-state index in [1.165, 1.54) is 5.09 Å². The Morgan fingerprint density at radius 3 is 1.60 bits per heavy atom. The van der Waals surface area contributed by atoms with Crippen LogP contribution in [-0.4, -0.2) is 25.9 Å². The largest absolute Gasteiger partial charge is 0.400 e. The van der Waals surface area contributed by atoms with Crippen molar-refractivity contribution >= 4 is 15.3 Å². The predicted octanol–water partition coefficient (Wildman–Crippen LogP) is -1.20. The smallest absolute Gasteiger partial charge is 0.324 e. The van der Waals surface area contributed by atoms with Crippen molar-refractivity contribution in [3.63, 3.8) is 0 Å². The summed E-state index contributed by atoms with van der Waals surface area (Å²) in [7, 11) is -8.87. The summed E-state index contributed by atoms with van der Waals surface area (Å²) in [6.45, 7) is 0. The minimum atomic E-state index is -4.50. The summed E-state index contributed by atoms with van der Waals surface area (Å²) in [5, 5.41) is 1.37. The van der Waals surface area contributed by atoms with Gasteiger partial charge in [0.2, 0.25) is 0 Å². The van der Waals surface area contributed by atoms with Crippen LogP contribution in [-0.2, 0) is 9.13 Å². The van der Waals surface area contributed by atoms with Crippen LogP contribution < -0.4 is 5.09 Å². The molecule has 0 aromatic carbocycles. The Morgan fingerprint density at radius 2 is 1.50 bits per heavy atom. The summed E-state index contributed by atoms with van der Waals surface area (Å²) in [5.41, 5.74) is 0. The van der Waals surface area contributed by atoms with E-state index < -0.39 is 21.6 Å². The summed E-state index contributed by atoms with van der Waals surface area (Å²) in [4.78, 5) is 32.2. The van der Waals surface area contributed by atoms with Crippen molar-refractivity contribution in [2.24, 2.45) is 0 Å². The molecule has 10 heavy (non-hydrogen) atoms. The monoisotopic (exact) mass is 191 g/mol. The molecular formula is CH7NO6P2. The van der Waals surface area contributed by atoms with Crippen LogP contribution in [0.25, 0.3) is 0 Å². The first kappa shape index (κ1) is 10.3. The molecule has 0 fully saturated rings. The van der Waals surface area contributed by atoms with E-state index in [1.807, 2.05) is 0 Å². The lowest BCUT2D eigenvalue weighted by atomic mass is 11.5. The van der Waals surface area contributed by atoms with Crippen molar-refractivity contribution in [2.45, 2.75) is 0 Å². The lowest BCUT2D eigenvalue weighted by Crippen LogP contribution is -2.11. The Bertz CT molecular complexity index is 166. The highest BCUT2D eigenvalue weighted by Crippen LogP contribution is 2.38. The van der Waals surface area contributed by atoms with Crippen LogP contribution in [0, 0.1) is 0 Å². The number of hydrogen-bond acceptors (Lipinski definition) is 2. The third-order valence-electron chi connectivity index (χ3n) is 0.483. The molecule has 0 amide bonds. The molecule has 0 radical (unpaired) electrons. The van der Waals surface area contributed by atoms with E-state index in [9.17, 15) is 9.13 Å². The summed E-state index contributed by atoms with van der Waals surface area (Å²) in [5.74, 6) is 0. The molecule has 0 aromatic heterocycles. The highest BCUT2D eigenvalue weighted by Gasteiger charge is 2.19. The quantitative estimate of drug-likeness (QED) is 0.354. The first-order chi connectivity index (χ1) is 4.21. The molecule has 0 heterocycles. The van der Waals surface area contributed by atoms with Gasteiger partial charge in [-0.15, -0.1) is 0 Å². The van der Waals surface area contributed by atoms with Crippen molar-refractivity contribution in [3.8, 4) is 0 Å². The maximum atomic E-state index is 9.97. The fourth-order valence-corrected chi connectivity index (χ4v) is 1.66. The minimum absolute atomic E-state index is 1.02. The van der Waals surface area contributed by atoms with Crippen molar-refractivity contribution in [1.29, 1.82) is 0 Å². The van der Waals surface area contributed by atoms with Crippen molar-refractivity contribution in [1.82, 2.24) is 5.09 Å². The number of rotatable bonds is 3. The van der Waals surface area contributed by atoms with Gasteiger partial charge < -0.3 is 19.6 Å². The van der Waals surface area contributed by atoms with Crippen LogP contribution in [0.2, 0.25) is 0 Å².